The third-order valence-corrected chi connectivity index (χ3v) is 2.64. The van der Waals surface area contributed by atoms with Crippen LogP contribution in [0.3, 0.4) is 0 Å². The van der Waals surface area contributed by atoms with Gasteiger partial charge >= 0.3 is 5.69 Å². The molecule has 8 heteroatoms. The smallest absolute Gasteiger partial charge is 0.330 e. The van der Waals surface area contributed by atoms with Crippen LogP contribution in [0.1, 0.15) is 6.23 Å². The van der Waals surface area contributed by atoms with Crippen LogP contribution in [0.25, 0.3) is 0 Å². The maximum absolute atomic E-state index is 11.4. The summed E-state index contributed by atoms with van der Waals surface area (Å²) >= 11 is 0. The van der Waals surface area contributed by atoms with Gasteiger partial charge < -0.3 is 20.1 Å². The number of aliphatic hydroxyl groups excluding tert-OH is 3. The SMILES string of the molecule is O=c1ccn([C@@H]2OC(CO)[C@H](O)[C@@H]2O)c(=O)[nH]1. The van der Waals surface area contributed by atoms with Gasteiger partial charge in [-0.25, -0.2) is 4.79 Å². The Labute approximate surface area is 94.7 Å². The van der Waals surface area contributed by atoms with Crippen molar-refractivity contribution in [1.29, 1.82) is 0 Å². The largest absolute Gasteiger partial charge is 0.394 e. The minimum Gasteiger partial charge on any atom is -0.394 e. The number of nitrogens with zero attached hydrogens (tertiary/aromatic N) is 1. The van der Waals surface area contributed by atoms with Crippen LogP contribution in [0.15, 0.2) is 21.9 Å². The van der Waals surface area contributed by atoms with Crippen LogP contribution in [0.5, 0.6) is 0 Å². The van der Waals surface area contributed by atoms with Gasteiger partial charge in [0.05, 0.1) is 6.61 Å². The first kappa shape index (κ1) is 12.0. The molecule has 1 saturated heterocycles. The minimum atomic E-state index is -1.35. The highest BCUT2D eigenvalue weighted by Gasteiger charge is 2.43. The summed E-state index contributed by atoms with van der Waals surface area (Å²) in [5.41, 5.74) is -1.33. The van der Waals surface area contributed by atoms with Crippen LogP contribution in [-0.4, -0.2) is 49.8 Å². The molecular formula is C9H12N2O6. The zero-order valence-electron chi connectivity index (χ0n) is 8.68. The van der Waals surface area contributed by atoms with E-state index in [-0.39, 0.29) is 0 Å². The lowest BCUT2D eigenvalue weighted by Crippen LogP contribution is -2.37. The molecule has 4 atom stereocenters. The first-order valence-electron chi connectivity index (χ1n) is 4.98. The molecule has 0 saturated carbocycles. The molecule has 0 amide bonds. The van der Waals surface area contributed by atoms with Crippen molar-refractivity contribution >= 4 is 0 Å². The van der Waals surface area contributed by atoms with Crippen molar-refractivity contribution in [3.05, 3.63) is 33.1 Å². The Morgan fingerprint density at radius 1 is 1.35 bits per heavy atom. The van der Waals surface area contributed by atoms with Gasteiger partial charge in [-0.3, -0.25) is 14.3 Å². The molecular weight excluding hydrogens is 232 g/mol. The number of ether oxygens (including phenoxy) is 1. The summed E-state index contributed by atoms with van der Waals surface area (Å²) in [7, 11) is 0. The number of hydrogen-bond acceptors (Lipinski definition) is 6. The summed E-state index contributed by atoms with van der Waals surface area (Å²) < 4.78 is 6.08. The Balaban J connectivity index is 2.35. The molecule has 17 heavy (non-hydrogen) atoms. The van der Waals surface area contributed by atoms with Gasteiger partial charge in [-0.1, -0.05) is 0 Å². The molecule has 1 aromatic rings. The van der Waals surface area contributed by atoms with Crippen LogP contribution < -0.4 is 11.2 Å². The van der Waals surface area contributed by atoms with Gasteiger partial charge in [-0.05, 0) is 0 Å². The summed E-state index contributed by atoms with van der Waals surface area (Å²) in [6.07, 6.45) is -3.58. The van der Waals surface area contributed by atoms with Crippen LogP contribution in [0.4, 0.5) is 0 Å². The molecule has 0 bridgehead atoms. The fourth-order valence-electron chi connectivity index (χ4n) is 1.74. The van der Waals surface area contributed by atoms with Gasteiger partial charge in [0.2, 0.25) is 0 Å². The fourth-order valence-corrected chi connectivity index (χ4v) is 1.74. The third-order valence-electron chi connectivity index (χ3n) is 2.64. The molecule has 1 aliphatic heterocycles. The Bertz CT molecular complexity index is 509. The van der Waals surface area contributed by atoms with Gasteiger partial charge in [-0.15, -0.1) is 0 Å². The average Bonchev–Trinajstić information content (AvgIpc) is 2.57. The zero-order chi connectivity index (χ0) is 12.6. The lowest BCUT2D eigenvalue weighted by molar-refractivity contribution is -0.0550. The molecule has 0 radical (unpaired) electrons. The predicted octanol–water partition coefficient (Wildman–Crippen LogP) is -2.85. The summed E-state index contributed by atoms with van der Waals surface area (Å²) in [6, 6.07) is 1.09. The van der Waals surface area contributed by atoms with E-state index in [0.717, 1.165) is 16.8 Å². The maximum atomic E-state index is 11.4. The van der Waals surface area contributed by atoms with Crippen molar-refractivity contribution in [3.8, 4) is 0 Å². The van der Waals surface area contributed by atoms with Gasteiger partial charge in [0.15, 0.2) is 6.23 Å². The van der Waals surface area contributed by atoms with Crippen molar-refractivity contribution in [3.63, 3.8) is 0 Å². The Kier molecular flexibility index (Phi) is 3.11. The lowest BCUT2D eigenvalue weighted by Gasteiger charge is -2.16. The first-order chi connectivity index (χ1) is 8.04. The van der Waals surface area contributed by atoms with Crippen molar-refractivity contribution < 1.29 is 20.1 Å². The summed E-state index contributed by atoms with van der Waals surface area (Å²) in [5.74, 6) is 0. The van der Waals surface area contributed by atoms with E-state index in [4.69, 9.17) is 9.84 Å². The van der Waals surface area contributed by atoms with Crippen molar-refractivity contribution in [2.75, 3.05) is 6.61 Å². The monoisotopic (exact) mass is 244 g/mol. The van der Waals surface area contributed by atoms with E-state index in [9.17, 15) is 19.8 Å². The predicted molar refractivity (Wildman–Crippen MR) is 54.3 cm³/mol. The molecule has 1 aliphatic rings. The normalized spacial score (nSPS) is 32.9. The summed E-state index contributed by atoms with van der Waals surface area (Å²) in [4.78, 5) is 24.3. The molecule has 1 fully saturated rings. The van der Waals surface area contributed by atoms with Gasteiger partial charge in [0.25, 0.3) is 5.56 Å². The number of aromatic nitrogens is 2. The molecule has 1 aromatic heterocycles. The van der Waals surface area contributed by atoms with E-state index >= 15 is 0 Å². The average molecular weight is 244 g/mol. The standard InChI is InChI=1S/C9H12N2O6/c12-3-4-6(14)7(15)8(17-4)11-2-1-5(13)10-9(11)16/h1-2,4,6-8,12,14-15H,3H2,(H,10,13,16)/t4?,6-,7-,8+/m0/s1. The number of aliphatic hydroxyl groups is 3. The van der Waals surface area contributed by atoms with Gasteiger partial charge in [0.1, 0.15) is 18.3 Å². The van der Waals surface area contributed by atoms with Gasteiger partial charge in [0, 0.05) is 12.3 Å². The van der Waals surface area contributed by atoms with Crippen LogP contribution in [0, 0.1) is 0 Å². The number of hydrogen-bond donors (Lipinski definition) is 4. The van der Waals surface area contributed by atoms with Crippen LogP contribution in [-0.2, 0) is 4.74 Å². The van der Waals surface area contributed by atoms with E-state index in [1.165, 1.54) is 0 Å². The molecule has 8 nitrogen and oxygen atoms in total. The van der Waals surface area contributed by atoms with E-state index in [2.05, 4.69) is 0 Å². The fraction of sp³-hybridized carbons (Fsp3) is 0.556. The number of aromatic amines is 1. The van der Waals surface area contributed by atoms with E-state index in [1.807, 2.05) is 4.98 Å². The minimum absolute atomic E-state index is 0.479. The highest BCUT2D eigenvalue weighted by atomic mass is 16.6. The topological polar surface area (TPSA) is 125 Å². The molecule has 94 valence electrons. The van der Waals surface area contributed by atoms with Crippen molar-refractivity contribution in [2.45, 2.75) is 24.5 Å². The summed E-state index contributed by atoms with van der Waals surface area (Å²) in [5, 5.41) is 28.1. The molecule has 0 aliphatic carbocycles. The van der Waals surface area contributed by atoms with Gasteiger partial charge in [-0.2, -0.15) is 0 Å². The van der Waals surface area contributed by atoms with Crippen LogP contribution >= 0.6 is 0 Å². The van der Waals surface area contributed by atoms with Crippen molar-refractivity contribution in [2.24, 2.45) is 0 Å². The molecule has 0 aromatic carbocycles. The van der Waals surface area contributed by atoms with Crippen LogP contribution in [0.2, 0.25) is 0 Å². The zero-order valence-corrected chi connectivity index (χ0v) is 8.68. The van der Waals surface area contributed by atoms with E-state index in [0.29, 0.717) is 0 Å². The number of H-pyrrole nitrogens is 1. The highest BCUT2D eigenvalue weighted by Crippen LogP contribution is 2.27. The quantitative estimate of drug-likeness (QED) is 0.444. The summed E-state index contributed by atoms with van der Waals surface area (Å²) in [6.45, 7) is -0.479. The van der Waals surface area contributed by atoms with E-state index < -0.39 is 42.4 Å². The molecule has 0 spiro atoms. The second-order valence-corrected chi connectivity index (χ2v) is 3.75. The highest BCUT2D eigenvalue weighted by molar-refractivity contribution is 4.92. The molecule has 1 unspecified atom stereocenters. The third kappa shape index (κ3) is 2.03. The lowest BCUT2D eigenvalue weighted by atomic mass is 10.1. The second-order valence-electron chi connectivity index (χ2n) is 3.75. The van der Waals surface area contributed by atoms with E-state index in [1.54, 1.807) is 0 Å². The molecule has 2 rings (SSSR count). The molecule has 4 N–H and O–H groups in total. The first-order valence-corrected chi connectivity index (χ1v) is 4.98. The Morgan fingerprint density at radius 2 is 2.06 bits per heavy atom. The molecule has 2 heterocycles. The van der Waals surface area contributed by atoms with Crippen molar-refractivity contribution in [1.82, 2.24) is 9.55 Å². The Hall–Kier alpha value is -1.48. The second kappa shape index (κ2) is 4.41. The maximum Gasteiger partial charge on any atom is 0.330 e. The number of nitrogens with one attached hydrogen (secondary N) is 1. The Morgan fingerprint density at radius 3 is 2.59 bits per heavy atom. The number of rotatable bonds is 2.